The quantitative estimate of drug-likeness (QED) is 0.313. The summed E-state index contributed by atoms with van der Waals surface area (Å²) in [7, 11) is -4.16. The molecule has 2 aromatic heterocycles. The minimum absolute atomic E-state index is 0.0691. The normalized spacial score (nSPS) is 12.9. The molecule has 180 valence electrons. The SMILES string of the molecule is O=C(Nc1ccc(-n2c(O)c3cc4c(cc3cc2=O)NCC4)c(F)c1)NS(=O)(=O)c1ccc(Cl)s1. The Morgan fingerprint density at radius 3 is 2.69 bits per heavy atom. The van der Waals surface area contributed by atoms with E-state index < -0.39 is 33.3 Å². The van der Waals surface area contributed by atoms with Gasteiger partial charge in [-0.05, 0) is 59.8 Å². The number of aromatic hydroxyl groups is 1. The van der Waals surface area contributed by atoms with Gasteiger partial charge in [0, 0.05) is 29.4 Å². The zero-order valence-corrected chi connectivity index (χ0v) is 20.0. The van der Waals surface area contributed by atoms with E-state index in [0.717, 1.165) is 46.2 Å². The van der Waals surface area contributed by atoms with E-state index in [2.05, 4.69) is 10.6 Å². The summed E-state index contributed by atoms with van der Waals surface area (Å²) in [5.41, 5.74) is 0.910. The summed E-state index contributed by atoms with van der Waals surface area (Å²) < 4.78 is 42.2. The number of fused-ring (bicyclic) bond motifs is 2. The number of hydrogen-bond acceptors (Lipinski definition) is 7. The van der Waals surface area contributed by atoms with Crippen molar-refractivity contribution in [1.82, 2.24) is 9.29 Å². The number of hydrogen-bond donors (Lipinski definition) is 4. The molecule has 0 atom stereocenters. The smallest absolute Gasteiger partial charge is 0.333 e. The summed E-state index contributed by atoms with van der Waals surface area (Å²) >= 11 is 6.50. The summed E-state index contributed by atoms with van der Waals surface area (Å²) in [6, 6.07) is 9.71. The van der Waals surface area contributed by atoms with Crippen LogP contribution < -0.4 is 20.9 Å². The zero-order chi connectivity index (χ0) is 24.9. The average molecular weight is 535 g/mol. The fraction of sp³-hybridized carbons (Fsp3) is 0.0909. The Morgan fingerprint density at radius 2 is 1.97 bits per heavy atom. The predicted octanol–water partition coefficient (Wildman–Crippen LogP) is 4.03. The molecule has 5 rings (SSSR count). The van der Waals surface area contributed by atoms with E-state index in [0.29, 0.717) is 10.8 Å². The maximum absolute atomic E-state index is 15.0. The molecule has 13 heteroatoms. The van der Waals surface area contributed by atoms with Gasteiger partial charge in [0.2, 0.25) is 5.88 Å². The fourth-order valence-electron chi connectivity index (χ4n) is 3.87. The van der Waals surface area contributed by atoms with Gasteiger partial charge in [-0.1, -0.05) is 11.6 Å². The van der Waals surface area contributed by atoms with E-state index in [-0.39, 0.29) is 19.9 Å². The van der Waals surface area contributed by atoms with E-state index in [9.17, 15) is 27.5 Å². The summed E-state index contributed by atoms with van der Waals surface area (Å²) in [5.74, 6) is -1.34. The maximum Gasteiger partial charge on any atom is 0.333 e. The Labute approximate surface area is 206 Å². The number of thiophene rings is 1. The lowest BCUT2D eigenvalue weighted by Crippen LogP contribution is -2.34. The van der Waals surface area contributed by atoms with Crippen LogP contribution in [-0.4, -0.2) is 30.7 Å². The number of anilines is 2. The van der Waals surface area contributed by atoms with Crippen LogP contribution in [0, 0.1) is 5.82 Å². The van der Waals surface area contributed by atoms with Crippen LogP contribution in [0.15, 0.2) is 57.5 Å². The van der Waals surface area contributed by atoms with Gasteiger partial charge >= 0.3 is 6.03 Å². The lowest BCUT2D eigenvalue weighted by Gasteiger charge is -2.14. The zero-order valence-electron chi connectivity index (χ0n) is 17.6. The second-order valence-corrected chi connectivity index (χ2v) is 11.3. The van der Waals surface area contributed by atoms with Crippen molar-refractivity contribution in [3.8, 4) is 11.6 Å². The van der Waals surface area contributed by atoms with Crippen LogP contribution in [0.4, 0.5) is 20.6 Å². The van der Waals surface area contributed by atoms with Gasteiger partial charge in [0.1, 0.15) is 10.0 Å². The second kappa shape index (κ2) is 8.56. The van der Waals surface area contributed by atoms with Crippen LogP contribution >= 0.6 is 22.9 Å². The highest BCUT2D eigenvalue weighted by Crippen LogP contribution is 2.33. The molecule has 9 nitrogen and oxygen atoms in total. The van der Waals surface area contributed by atoms with Crippen molar-refractivity contribution in [3.63, 3.8) is 0 Å². The summed E-state index contributed by atoms with van der Waals surface area (Å²) in [6.07, 6.45) is 0.760. The van der Waals surface area contributed by atoms with Crippen molar-refractivity contribution in [2.45, 2.75) is 10.6 Å². The van der Waals surface area contributed by atoms with Crippen molar-refractivity contribution in [1.29, 1.82) is 0 Å². The van der Waals surface area contributed by atoms with Crippen LogP contribution in [0.3, 0.4) is 0 Å². The third-order valence-corrected chi connectivity index (χ3v) is 8.48. The summed E-state index contributed by atoms with van der Waals surface area (Å²) in [5, 5.41) is 17.1. The minimum atomic E-state index is -4.16. The van der Waals surface area contributed by atoms with Crippen molar-refractivity contribution < 1.29 is 22.7 Å². The largest absolute Gasteiger partial charge is 0.494 e. The number of benzene rings is 2. The third kappa shape index (κ3) is 4.31. The van der Waals surface area contributed by atoms with Gasteiger partial charge < -0.3 is 15.7 Å². The highest BCUT2D eigenvalue weighted by Gasteiger charge is 2.21. The monoisotopic (exact) mass is 534 g/mol. The molecule has 0 aliphatic carbocycles. The van der Waals surface area contributed by atoms with Crippen LogP contribution in [-0.2, 0) is 16.4 Å². The lowest BCUT2D eigenvalue weighted by atomic mass is 10.1. The van der Waals surface area contributed by atoms with Crippen molar-refractivity contribution in [2.24, 2.45) is 0 Å². The number of carbonyl (C=O) groups is 1. The minimum Gasteiger partial charge on any atom is -0.494 e. The Hall–Kier alpha value is -3.61. The van der Waals surface area contributed by atoms with E-state index in [4.69, 9.17) is 11.6 Å². The number of rotatable bonds is 4. The number of halogens is 2. The number of urea groups is 1. The number of carbonyl (C=O) groups excluding carboxylic acids is 1. The maximum atomic E-state index is 15.0. The van der Waals surface area contributed by atoms with Crippen LogP contribution in [0.25, 0.3) is 16.5 Å². The molecular weight excluding hydrogens is 519 g/mol. The van der Waals surface area contributed by atoms with E-state index in [1.54, 1.807) is 12.1 Å². The molecule has 2 amide bonds. The van der Waals surface area contributed by atoms with Gasteiger partial charge in [0.25, 0.3) is 15.6 Å². The molecule has 0 spiro atoms. The van der Waals surface area contributed by atoms with Gasteiger partial charge in [0.15, 0.2) is 0 Å². The standard InChI is InChI=1S/C22H16ClFN4O5S2/c23-18-3-4-20(34-18)35(32,33)27-22(31)26-13-1-2-17(15(24)10-13)28-19(29)9-12-8-16-11(5-6-25-16)7-14(12)21(28)30/h1-4,7-10,25,30H,5-6H2,(H2,26,27,31). The van der Waals surface area contributed by atoms with E-state index in [1.807, 2.05) is 4.72 Å². The first-order valence-electron chi connectivity index (χ1n) is 10.2. The van der Waals surface area contributed by atoms with Crippen molar-refractivity contribution in [2.75, 3.05) is 17.2 Å². The van der Waals surface area contributed by atoms with Crippen molar-refractivity contribution in [3.05, 3.63) is 74.6 Å². The van der Waals surface area contributed by atoms with Gasteiger partial charge in [-0.15, -0.1) is 11.3 Å². The van der Waals surface area contributed by atoms with E-state index >= 15 is 0 Å². The molecule has 3 heterocycles. The average Bonchev–Trinajstić information content (AvgIpc) is 3.42. The molecule has 0 bridgehead atoms. The number of nitrogens with one attached hydrogen (secondary N) is 3. The molecule has 4 N–H and O–H groups in total. The summed E-state index contributed by atoms with van der Waals surface area (Å²) in [4.78, 5) is 24.9. The second-order valence-electron chi connectivity index (χ2n) is 7.70. The van der Waals surface area contributed by atoms with Crippen LogP contribution in [0.1, 0.15) is 5.56 Å². The Kier molecular flexibility index (Phi) is 5.66. The first-order valence-corrected chi connectivity index (χ1v) is 12.8. The molecule has 2 aromatic carbocycles. The number of pyridine rings is 1. The Morgan fingerprint density at radius 1 is 1.17 bits per heavy atom. The summed E-state index contributed by atoms with van der Waals surface area (Å²) in [6.45, 7) is 0.746. The molecule has 0 unspecified atom stereocenters. The molecule has 0 radical (unpaired) electrons. The highest BCUT2D eigenvalue weighted by molar-refractivity contribution is 7.92. The molecule has 0 fully saturated rings. The van der Waals surface area contributed by atoms with E-state index in [1.165, 1.54) is 30.3 Å². The number of amides is 2. The number of nitrogens with zero attached hydrogens (tertiary/aromatic N) is 1. The van der Waals surface area contributed by atoms with Gasteiger partial charge in [0.05, 0.1) is 10.0 Å². The molecule has 4 aromatic rings. The number of aromatic nitrogens is 1. The lowest BCUT2D eigenvalue weighted by molar-refractivity contribution is 0.256. The molecule has 0 saturated heterocycles. The van der Waals surface area contributed by atoms with Gasteiger partial charge in [-0.25, -0.2) is 26.9 Å². The topological polar surface area (TPSA) is 130 Å². The van der Waals surface area contributed by atoms with Crippen LogP contribution in [0.5, 0.6) is 5.88 Å². The highest BCUT2D eigenvalue weighted by atomic mass is 35.5. The predicted molar refractivity (Wildman–Crippen MR) is 132 cm³/mol. The molecule has 35 heavy (non-hydrogen) atoms. The number of sulfonamides is 1. The van der Waals surface area contributed by atoms with Gasteiger partial charge in [-0.2, -0.15) is 0 Å². The molecule has 1 aliphatic heterocycles. The molecule has 1 aliphatic rings. The third-order valence-electron chi connectivity index (χ3n) is 5.42. The first kappa shape index (κ1) is 23.1. The molecule has 0 saturated carbocycles. The fourth-order valence-corrected chi connectivity index (χ4v) is 6.26. The Balaban J connectivity index is 1.43. The van der Waals surface area contributed by atoms with Crippen molar-refractivity contribution >= 4 is 61.1 Å². The van der Waals surface area contributed by atoms with Gasteiger partial charge in [-0.3, -0.25) is 4.79 Å². The Bertz CT molecular complexity index is 1680. The molecular formula is C22H16ClFN4O5S2. The van der Waals surface area contributed by atoms with Crippen LogP contribution in [0.2, 0.25) is 4.34 Å². The first-order chi connectivity index (χ1) is 16.6.